The predicted octanol–water partition coefficient (Wildman–Crippen LogP) is 4.65. The summed E-state index contributed by atoms with van der Waals surface area (Å²) in [5.41, 5.74) is 0. The van der Waals surface area contributed by atoms with Crippen LogP contribution in [0.2, 0.25) is 0 Å². The summed E-state index contributed by atoms with van der Waals surface area (Å²) in [6.45, 7) is 7.40. The molecule has 0 heterocycles. The number of esters is 1. The minimum atomic E-state index is -0.785. The van der Waals surface area contributed by atoms with Gasteiger partial charge in [-0.2, -0.15) is 0 Å². The number of unbranched alkanes of at least 4 members (excludes halogenated alkanes) is 4. The normalized spacial score (nSPS) is 10.4. The highest BCUT2D eigenvalue weighted by molar-refractivity contribution is 5.69. The van der Waals surface area contributed by atoms with E-state index < -0.39 is 5.97 Å². The zero-order valence-corrected chi connectivity index (χ0v) is 13.6. The molecule has 0 saturated carbocycles. The van der Waals surface area contributed by atoms with Crippen molar-refractivity contribution in [1.29, 1.82) is 0 Å². The SMILES string of the molecule is C=CCCCC(CCCC=C)OC(=O)CCCCCC(=O)O. The molecule has 4 heteroatoms. The first kappa shape index (κ1) is 20.4. The topological polar surface area (TPSA) is 63.6 Å². The Labute approximate surface area is 134 Å². The average molecular weight is 310 g/mol. The molecule has 4 nitrogen and oxygen atoms in total. The molecule has 0 saturated heterocycles. The molecule has 0 aliphatic rings. The maximum absolute atomic E-state index is 11.8. The third-order valence-corrected chi connectivity index (χ3v) is 3.44. The summed E-state index contributed by atoms with van der Waals surface area (Å²) in [6, 6.07) is 0. The number of carboxylic acids is 1. The fourth-order valence-electron chi connectivity index (χ4n) is 2.21. The molecule has 22 heavy (non-hydrogen) atoms. The van der Waals surface area contributed by atoms with Crippen LogP contribution in [0.4, 0.5) is 0 Å². The van der Waals surface area contributed by atoms with E-state index in [4.69, 9.17) is 9.84 Å². The first-order valence-electron chi connectivity index (χ1n) is 8.23. The zero-order chi connectivity index (χ0) is 16.6. The molecule has 0 aromatic heterocycles. The second-order valence-corrected chi connectivity index (χ2v) is 5.51. The number of hydrogen-bond donors (Lipinski definition) is 1. The lowest BCUT2D eigenvalue weighted by molar-refractivity contribution is -0.150. The molecule has 0 aromatic rings. The lowest BCUT2D eigenvalue weighted by Gasteiger charge is -2.17. The van der Waals surface area contributed by atoms with Crippen molar-refractivity contribution < 1.29 is 19.4 Å². The Morgan fingerprint density at radius 2 is 1.45 bits per heavy atom. The highest BCUT2D eigenvalue weighted by Crippen LogP contribution is 2.15. The number of carbonyl (C=O) groups excluding carboxylic acids is 1. The quantitative estimate of drug-likeness (QED) is 0.272. The van der Waals surface area contributed by atoms with Crippen LogP contribution in [-0.2, 0) is 14.3 Å². The van der Waals surface area contributed by atoms with Gasteiger partial charge in [0.2, 0.25) is 0 Å². The maximum atomic E-state index is 11.8. The van der Waals surface area contributed by atoms with Gasteiger partial charge in [-0.3, -0.25) is 9.59 Å². The number of rotatable bonds is 15. The molecule has 0 aliphatic carbocycles. The van der Waals surface area contributed by atoms with E-state index in [0.29, 0.717) is 19.3 Å². The number of ether oxygens (including phenoxy) is 1. The second-order valence-electron chi connectivity index (χ2n) is 5.51. The fourth-order valence-corrected chi connectivity index (χ4v) is 2.21. The maximum Gasteiger partial charge on any atom is 0.306 e. The lowest BCUT2D eigenvalue weighted by atomic mass is 10.1. The summed E-state index contributed by atoms with van der Waals surface area (Å²) in [5.74, 6) is -0.954. The Bertz CT molecular complexity index is 322. The van der Waals surface area contributed by atoms with Crippen molar-refractivity contribution in [3.63, 3.8) is 0 Å². The summed E-state index contributed by atoms with van der Waals surface area (Å²) in [5, 5.41) is 8.54. The predicted molar refractivity (Wildman–Crippen MR) is 88.7 cm³/mol. The molecule has 0 aliphatic heterocycles. The van der Waals surface area contributed by atoms with E-state index >= 15 is 0 Å². The van der Waals surface area contributed by atoms with Gasteiger partial charge in [-0.1, -0.05) is 18.6 Å². The van der Waals surface area contributed by atoms with Gasteiger partial charge in [0.15, 0.2) is 0 Å². The molecule has 0 radical (unpaired) electrons. The van der Waals surface area contributed by atoms with Gasteiger partial charge in [0.1, 0.15) is 6.10 Å². The molecular formula is C18H30O4. The van der Waals surface area contributed by atoms with Gasteiger partial charge in [-0.15, -0.1) is 13.2 Å². The average Bonchev–Trinajstić information content (AvgIpc) is 2.46. The molecule has 0 atom stereocenters. The number of carbonyl (C=O) groups is 2. The Hall–Kier alpha value is -1.58. The van der Waals surface area contributed by atoms with Gasteiger partial charge >= 0.3 is 11.9 Å². The molecule has 126 valence electrons. The molecular weight excluding hydrogens is 280 g/mol. The van der Waals surface area contributed by atoms with Crippen LogP contribution >= 0.6 is 0 Å². The van der Waals surface area contributed by atoms with Crippen molar-refractivity contribution in [3.8, 4) is 0 Å². The van der Waals surface area contributed by atoms with Crippen LogP contribution in [0.15, 0.2) is 25.3 Å². The number of aliphatic carboxylic acids is 1. The minimum Gasteiger partial charge on any atom is -0.481 e. The van der Waals surface area contributed by atoms with Crippen molar-refractivity contribution in [1.82, 2.24) is 0 Å². The summed E-state index contributed by atoms with van der Waals surface area (Å²) < 4.78 is 5.55. The van der Waals surface area contributed by atoms with Gasteiger partial charge in [0.25, 0.3) is 0 Å². The Balaban J connectivity index is 3.93. The van der Waals surface area contributed by atoms with Crippen molar-refractivity contribution in [2.24, 2.45) is 0 Å². The van der Waals surface area contributed by atoms with E-state index in [9.17, 15) is 9.59 Å². The van der Waals surface area contributed by atoms with Gasteiger partial charge in [-0.25, -0.2) is 0 Å². The van der Waals surface area contributed by atoms with Gasteiger partial charge in [0, 0.05) is 12.8 Å². The lowest BCUT2D eigenvalue weighted by Crippen LogP contribution is -2.18. The van der Waals surface area contributed by atoms with Gasteiger partial charge < -0.3 is 9.84 Å². The Morgan fingerprint density at radius 3 is 1.95 bits per heavy atom. The van der Waals surface area contributed by atoms with E-state index in [1.165, 1.54) is 0 Å². The minimum absolute atomic E-state index is 0.0218. The molecule has 0 amide bonds. The highest BCUT2D eigenvalue weighted by atomic mass is 16.5. The van der Waals surface area contributed by atoms with E-state index in [2.05, 4.69) is 13.2 Å². The van der Waals surface area contributed by atoms with Crippen molar-refractivity contribution in [2.45, 2.75) is 76.7 Å². The largest absolute Gasteiger partial charge is 0.481 e. The summed E-state index contributed by atoms with van der Waals surface area (Å²) in [6.07, 6.45) is 11.9. The van der Waals surface area contributed by atoms with Crippen LogP contribution in [0.25, 0.3) is 0 Å². The molecule has 0 fully saturated rings. The second kappa shape index (κ2) is 14.4. The standard InChI is InChI=1S/C18H30O4/c1-3-5-8-12-16(13-9-6-4-2)22-18(21)15-11-7-10-14-17(19)20/h3-4,16H,1-2,5-15H2,(H,19,20). The van der Waals surface area contributed by atoms with E-state index in [1.807, 2.05) is 12.2 Å². The van der Waals surface area contributed by atoms with Crippen LogP contribution < -0.4 is 0 Å². The van der Waals surface area contributed by atoms with Crippen LogP contribution in [0.1, 0.15) is 70.6 Å². The van der Waals surface area contributed by atoms with Crippen molar-refractivity contribution in [2.75, 3.05) is 0 Å². The summed E-state index contributed by atoms with van der Waals surface area (Å²) in [4.78, 5) is 22.2. The van der Waals surface area contributed by atoms with Crippen LogP contribution in [-0.4, -0.2) is 23.1 Å². The van der Waals surface area contributed by atoms with Gasteiger partial charge in [-0.05, 0) is 51.4 Å². The van der Waals surface area contributed by atoms with Crippen LogP contribution in [0.5, 0.6) is 0 Å². The van der Waals surface area contributed by atoms with Crippen LogP contribution in [0, 0.1) is 0 Å². The van der Waals surface area contributed by atoms with Crippen molar-refractivity contribution in [3.05, 3.63) is 25.3 Å². The Kier molecular flexibility index (Phi) is 13.3. The number of carboxylic acid groups (broad SMARTS) is 1. The third kappa shape index (κ3) is 13.4. The first-order chi connectivity index (χ1) is 10.6. The van der Waals surface area contributed by atoms with Crippen LogP contribution in [0.3, 0.4) is 0 Å². The number of allylic oxidation sites excluding steroid dienone is 2. The number of hydrogen-bond acceptors (Lipinski definition) is 3. The zero-order valence-electron chi connectivity index (χ0n) is 13.6. The molecule has 1 N–H and O–H groups in total. The monoisotopic (exact) mass is 310 g/mol. The molecule has 0 unspecified atom stereocenters. The molecule has 0 bridgehead atoms. The smallest absolute Gasteiger partial charge is 0.306 e. The summed E-state index contributed by atoms with van der Waals surface area (Å²) >= 11 is 0. The Morgan fingerprint density at radius 1 is 0.909 bits per heavy atom. The third-order valence-electron chi connectivity index (χ3n) is 3.44. The molecule has 0 rings (SSSR count). The van der Waals surface area contributed by atoms with E-state index in [1.54, 1.807) is 0 Å². The fraction of sp³-hybridized carbons (Fsp3) is 0.667. The van der Waals surface area contributed by atoms with Gasteiger partial charge in [0.05, 0.1) is 0 Å². The summed E-state index contributed by atoms with van der Waals surface area (Å²) in [7, 11) is 0. The molecule has 0 aromatic carbocycles. The molecule has 0 spiro atoms. The van der Waals surface area contributed by atoms with Crippen molar-refractivity contribution >= 4 is 11.9 Å². The van der Waals surface area contributed by atoms with E-state index in [-0.39, 0.29) is 18.5 Å². The van der Waals surface area contributed by atoms with E-state index in [0.717, 1.165) is 44.9 Å². The first-order valence-corrected chi connectivity index (χ1v) is 8.23. The highest BCUT2D eigenvalue weighted by Gasteiger charge is 2.13.